The normalized spacial score (nSPS) is 18.7. The van der Waals surface area contributed by atoms with Gasteiger partial charge < -0.3 is 14.2 Å². The van der Waals surface area contributed by atoms with Gasteiger partial charge in [-0.2, -0.15) is 5.26 Å². The monoisotopic (exact) mass is 492 g/mol. The minimum atomic E-state index is -0.0656. The molecule has 8 nitrogen and oxygen atoms in total. The predicted octanol–water partition coefficient (Wildman–Crippen LogP) is 3.92. The number of amidine groups is 1. The van der Waals surface area contributed by atoms with Crippen LogP contribution in [-0.4, -0.2) is 74.0 Å². The number of thioether (sulfide) groups is 1. The second kappa shape index (κ2) is 12.4. The number of nitrogens with zero attached hydrogens (tertiary/aromatic N) is 4. The van der Waals surface area contributed by atoms with Gasteiger partial charge in [0.1, 0.15) is 6.07 Å². The van der Waals surface area contributed by atoms with Gasteiger partial charge in [-0.1, -0.05) is 24.3 Å². The lowest BCUT2D eigenvalue weighted by atomic mass is 10.2. The molecule has 2 fully saturated rings. The zero-order valence-corrected chi connectivity index (χ0v) is 20.5. The first-order chi connectivity index (χ1) is 17.2. The molecule has 2 aromatic carbocycles. The number of carbonyl (C=O) groups is 1. The fraction of sp³-hybridized carbons (Fsp3) is 0.346. The Morgan fingerprint density at radius 2 is 1.94 bits per heavy atom. The van der Waals surface area contributed by atoms with Crippen molar-refractivity contribution in [1.29, 1.82) is 5.26 Å². The minimum absolute atomic E-state index is 0.0598. The predicted molar refractivity (Wildman–Crippen MR) is 137 cm³/mol. The second-order valence-electron chi connectivity index (χ2n) is 7.96. The number of rotatable bonds is 9. The number of hydrogen-bond acceptors (Lipinski definition) is 8. The van der Waals surface area contributed by atoms with E-state index in [1.165, 1.54) is 11.8 Å². The fourth-order valence-corrected chi connectivity index (χ4v) is 4.86. The Morgan fingerprint density at radius 1 is 1.14 bits per heavy atom. The summed E-state index contributed by atoms with van der Waals surface area (Å²) in [6.07, 6.45) is 2.69. The number of hydrogen-bond donors (Lipinski definition) is 0. The molecule has 0 spiro atoms. The first-order valence-electron chi connectivity index (χ1n) is 11.5. The summed E-state index contributed by atoms with van der Waals surface area (Å²) in [6.45, 7) is 4.81. The summed E-state index contributed by atoms with van der Waals surface area (Å²) in [6, 6.07) is 17.0. The van der Waals surface area contributed by atoms with Crippen LogP contribution in [0.3, 0.4) is 0 Å². The molecule has 2 aliphatic heterocycles. The standard InChI is InChI=1S/C26H28N4O4S/c1-32-23-18-20(8-9-22(23)34-15-10-27)19-24-25(31)30(12-5-11-29-13-16-33-17-14-29)26(35-24)28-21-6-3-2-4-7-21/h2-4,6-9,18-19H,5,11-17H2,1H3. The van der Waals surface area contributed by atoms with Crippen molar-refractivity contribution in [3.8, 4) is 17.6 Å². The molecule has 2 saturated heterocycles. The largest absolute Gasteiger partial charge is 0.493 e. The van der Waals surface area contributed by atoms with Gasteiger partial charge in [0.05, 0.1) is 30.9 Å². The van der Waals surface area contributed by atoms with Gasteiger partial charge in [-0.3, -0.25) is 14.6 Å². The molecular weight excluding hydrogens is 464 g/mol. The second-order valence-corrected chi connectivity index (χ2v) is 8.97. The van der Waals surface area contributed by atoms with Gasteiger partial charge in [-0.05, 0) is 54.1 Å². The summed E-state index contributed by atoms with van der Waals surface area (Å²) in [5, 5.41) is 9.44. The zero-order valence-electron chi connectivity index (χ0n) is 19.7. The van der Waals surface area contributed by atoms with Crippen LogP contribution in [0.4, 0.5) is 5.69 Å². The van der Waals surface area contributed by atoms with Crippen molar-refractivity contribution in [2.75, 3.05) is 53.1 Å². The van der Waals surface area contributed by atoms with Crippen molar-refractivity contribution in [2.24, 2.45) is 4.99 Å². The summed E-state index contributed by atoms with van der Waals surface area (Å²) in [5.74, 6) is 0.929. The van der Waals surface area contributed by atoms with Crippen LogP contribution in [0.15, 0.2) is 58.4 Å². The van der Waals surface area contributed by atoms with Crippen LogP contribution in [0.5, 0.6) is 11.5 Å². The van der Waals surface area contributed by atoms with Crippen LogP contribution in [0.25, 0.3) is 6.08 Å². The summed E-state index contributed by atoms with van der Waals surface area (Å²) in [7, 11) is 1.54. The smallest absolute Gasteiger partial charge is 0.266 e. The maximum absolute atomic E-state index is 13.4. The number of nitriles is 1. The number of benzene rings is 2. The molecule has 0 N–H and O–H groups in total. The molecule has 4 rings (SSSR count). The van der Waals surface area contributed by atoms with Crippen molar-refractivity contribution in [3.63, 3.8) is 0 Å². The van der Waals surface area contributed by atoms with E-state index in [0.717, 1.165) is 50.5 Å². The molecule has 0 saturated carbocycles. The van der Waals surface area contributed by atoms with Gasteiger partial charge in [0, 0.05) is 26.2 Å². The van der Waals surface area contributed by atoms with E-state index >= 15 is 0 Å². The van der Waals surface area contributed by atoms with E-state index in [9.17, 15) is 4.79 Å². The van der Waals surface area contributed by atoms with Crippen LogP contribution >= 0.6 is 11.8 Å². The van der Waals surface area contributed by atoms with Crippen LogP contribution in [0, 0.1) is 11.3 Å². The highest BCUT2D eigenvalue weighted by Crippen LogP contribution is 2.36. The maximum atomic E-state index is 13.4. The average molecular weight is 493 g/mol. The molecule has 1 amide bonds. The van der Waals surface area contributed by atoms with Gasteiger partial charge in [0.15, 0.2) is 23.3 Å². The van der Waals surface area contributed by atoms with E-state index in [1.807, 2.05) is 48.5 Å². The highest BCUT2D eigenvalue weighted by Gasteiger charge is 2.33. The molecule has 0 unspecified atom stereocenters. The van der Waals surface area contributed by atoms with Gasteiger partial charge in [0.25, 0.3) is 5.91 Å². The van der Waals surface area contributed by atoms with Gasteiger partial charge in [-0.25, -0.2) is 4.99 Å². The number of aliphatic imine (C=N–C) groups is 1. The number of morpholine rings is 1. The Kier molecular flexibility index (Phi) is 8.79. The Bertz CT molecular complexity index is 1120. The van der Waals surface area contributed by atoms with E-state index in [4.69, 9.17) is 24.5 Å². The van der Waals surface area contributed by atoms with Gasteiger partial charge in [-0.15, -0.1) is 0 Å². The quantitative estimate of drug-likeness (QED) is 0.490. The minimum Gasteiger partial charge on any atom is -0.493 e. The number of para-hydroxylation sites is 1. The zero-order chi connectivity index (χ0) is 24.5. The van der Waals surface area contributed by atoms with E-state index < -0.39 is 0 Å². The Balaban J connectivity index is 1.54. The molecule has 0 bridgehead atoms. The summed E-state index contributed by atoms with van der Waals surface area (Å²) >= 11 is 1.37. The topological polar surface area (TPSA) is 87.4 Å². The molecule has 9 heteroatoms. The van der Waals surface area contributed by atoms with Crippen LogP contribution in [-0.2, 0) is 9.53 Å². The summed E-state index contributed by atoms with van der Waals surface area (Å²) in [5.41, 5.74) is 1.61. The van der Waals surface area contributed by atoms with E-state index in [0.29, 0.717) is 28.1 Å². The first-order valence-corrected chi connectivity index (χ1v) is 12.3. The number of methoxy groups -OCH3 is 1. The van der Waals surface area contributed by atoms with Crippen molar-refractivity contribution in [3.05, 3.63) is 59.0 Å². The lowest BCUT2D eigenvalue weighted by Gasteiger charge is -2.27. The molecule has 2 aromatic rings. The average Bonchev–Trinajstić information content (AvgIpc) is 3.18. The summed E-state index contributed by atoms with van der Waals surface area (Å²) < 4.78 is 16.2. The third-order valence-electron chi connectivity index (χ3n) is 5.61. The Labute approximate surface area is 209 Å². The first kappa shape index (κ1) is 24.8. The number of amides is 1. The Morgan fingerprint density at radius 3 is 2.69 bits per heavy atom. The highest BCUT2D eigenvalue weighted by atomic mass is 32.2. The molecule has 2 aliphatic rings. The summed E-state index contributed by atoms with van der Waals surface area (Å²) in [4.78, 5) is 22.9. The van der Waals surface area contributed by atoms with Crippen molar-refractivity contribution >= 4 is 34.6 Å². The Hall–Kier alpha value is -3.32. The molecule has 0 aliphatic carbocycles. The van der Waals surface area contributed by atoms with Crippen molar-refractivity contribution in [1.82, 2.24) is 9.80 Å². The van der Waals surface area contributed by atoms with Crippen LogP contribution in [0.1, 0.15) is 12.0 Å². The van der Waals surface area contributed by atoms with E-state index in [1.54, 1.807) is 24.1 Å². The number of carbonyl (C=O) groups excluding carboxylic acids is 1. The van der Waals surface area contributed by atoms with E-state index in [2.05, 4.69) is 4.90 Å². The molecule has 2 heterocycles. The third-order valence-corrected chi connectivity index (χ3v) is 6.61. The number of ether oxygens (including phenoxy) is 3. The highest BCUT2D eigenvalue weighted by molar-refractivity contribution is 8.18. The van der Waals surface area contributed by atoms with Gasteiger partial charge >= 0.3 is 0 Å². The molecule has 35 heavy (non-hydrogen) atoms. The van der Waals surface area contributed by atoms with Crippen LogP contribution < -0.4 is 9.47 Å². The fourth-order valence-electron chi connectivity index (χ4n) is 3.83. The lowest BCUT2D eigenvalue weighted by Crippen LogP contribution is -2.38. The molecule has 0 radical (unpaired) electrons. The third kappa shape index (κ3) is 6.63. The van der Waals surface area contributed by atoms with E-state index in [-0.39, 0.29) is 12.5 Å². The molecule has 182 valence electrons. The van der Waals surface area contributed by atoms with Crippen LogP contribution in [0.2, 0.25) is 0 Å². The lowest BCUT2D eigenvalue weighted by molar-refractivity contribution is -0.122. The molecule has 0 aromatic heterocycles. The maximum Gasteiger partial charge on any atom is 0.266 e. The SMILES string of the molecule is COc1cc(C=C2SC(=Nc3ccccc3)N(CCCN3CCOCC3)C2=O)ccc1OCC#N. The molecule has 0 atom stereocenters. The van der Waals surface area contributed by atoms with Gasteiger partial charge in [0.2, 0.25) is 0 Å². The van der Waals surface area contributed by atoms with Crippen molar-refractivity contribution < 1.29 is 19.0 Å². The van der Waals surface area contributed by atoms with Crippen molar-refractivity contribution in [2.45, 2.75) is 6.42 Å². The molecular formula is C26H28N4O4S.